The van der Waals surface area contributed by atoms with Crippen molar-refractivity contribution in [3.63, 3.8) is 0 Å². The lowest BCUT2D eigenvalue weighted by atomic mass is 10.0. The van der Waals surface area contributed by atoms with Gasteiger partial charge >= 0.3 is 0 Å². The van der Waals surface area contributed by atoms with E-state index in [1.165, 1.54) is 6.42 Å². The second-order valence-corrected chi connectivity index (χ2v) is 9.16. The smallest absolute Gasteiger partial charge is 0.261 e. The molecule has 3 aromatic rings. The summed E-state index contributed by atoms with van der Waals surface area (Å²) in [5.74, 6) is 0.879. The summed E-state index contributed by atoms with van der Waals surface area (Å²) in [6.45, 7) is 5.64. The number of hydrogen-bond acceptors (Lipinski definition) is 6. The number of benzene rings is 1. The molecule has 0 bridgehead atoms. The summed E-state index contributed by atoms with van der Waals surface area (Å²) >= 11 is 0. The number of nitrogens with one attached hydrogen (secondary N) is 1. The van der Waals surface area contributed by atoms with Crippen LogP contribution in [0.15, 0.2) is 53.8 Å². The summed E-state index contributed by atoms with van der Waals surface area (Å²) in [6.07, 6.45) is 6.85. The molecule has 1 saturated heterocycles. The number of aromatic nitrogens is 3. The van der Waals surface area contributed by atoms with Crippen LogP contribution in [0.25, 0.3) is 11.1 Å². The maximum Gasteiger partial charge on any atom is 0.261 e. The van der Waals surface area contributed by atoms with Crippen molar-refractivity contribution >= 4 is 21.5 Å². The van der Waals surface area contributed by atoms with Gasteiger partial charge in [0.05, 0.1) is 22.0 Å². The molecular weight excluding hydrogens is 398 g/mol. The summed E-state index contributed by atoms with van der Waals surface area (Å²) in [5, 5.41) is 0. The topological polar surface area (TPSA) is 88.1 Å². The van der Waals surface area contributed by atoms with Crippen LogP contribution in [-0.2, 0) is 10.0 Å². The lowest BCUT2D eigenvalue weighted by molar-refractivity contribution is 0.573. The van der Waals surface area contributed by atoms with E-state index in [-0.39, 0.29) is 4.90 Å². The number of aryl methyl sites for hydroxylation is 2. The Kier molecular flexibility index (Phi) is 5.67. The first-order chi connectivity index (χ1) is 14.5. The average molecular weight is 424 g/mol. The van der Waals surface area contributed by atoms with Crippen LogP contribution in [0.5, 0.6) is 0 Å². The van der Waals surface area contributed by atoms with Crippen LogP contribution >= 0.6 is 0 Å². The standard InChI is InChI=1S/C22H25N5O2S/c1-16-20(26-30(28,29)19-9-5-3-6-10-19)13-18(14-23-16)21-17(2)24-15-25-22(21)27-11-7-4-8-12-27/h3,5-6,9-10,13-15,26H,4,7-8,11-12H2,1-2H3. The van der Waals surface area contributed by atoms with E-state index in [4.69, 9.17) is 0 Å². The Balaban J connectivity index is 1.74. The number of nitrogens with zero attached hydrogens (tertiary/aromatic N) is 4. The molecule has 0 aliphatic carbocycles. The van der Waals surface area contributed by atoms with Crippen molar-refractivity contribution in [3.05, 3.63) is 60.3 Å². The Morgan fingerprint density at radius 2 is 1.67 bits per heavy atom. The molecule has 156 valence electrons. The van der Waals surface area contributed by atoms with Gasteiger partial charge < -0.3 is 4.90 Å². The van der Waals surface area contributed by atoms with Crippen molar-refractivity contribution in [2.24, 2.45) is 0 Å². The molecule has 0 amide bonds. The van der Waals surface area contributed by atoms with Gasteiger partial charge in [0.2, 0.25) is 0 Å². The van der Waals surface area contributed by atoms with Crippen molar-refractivity contribution in [2.45, 2.75) is 38.0 Å². The van der Waals surface area contributed by atoms with Gasteiger partial charge in [0.1, 0.15) is 12.1 Å². The van der Waals surface area contributed by atoms with Gasteiger partial charge in [-0.3, -0.25) is 9.71 Å². The first kappa shape index (κ1) is 20.3. The van der Waals surface area contributed by atoms with Crippen LogP contribution in [0.1, 0.15) is 30.7 Å². The molecule has 3 heterocycles. The maximum atomic E-state index is 12.8. The van der Waals surface area contributed by atoms with E-state index in [1.54, 1.807) is 49.8 Å². The molecular formula is C22H25N5O2S. The van der Waals surface area contributed by atoms with Crippen LogP contribution in [0.3, 0.4) is 0 Å². The van der Waals surface area contributed by atoms with Gasteiger partial charge in [-0.25, -0.2) is 18.4 Å². The summed E-state index contributed by atoms with van der Waals surface area (Å²) in [7, 11) is -3.71. The average Bonchev–Trinajstić information content (AvgIpc) is 2.76. The minimum atomic E-state index is -3.71. The second kappa shape index (κ2) is 8.39. The Labute approximate surface area is 177 Å². The van der Waals surface area contributed by atoms with Crippen LogP contribution in [0.4, 0.5) is 11.5 Å². The highest BCUT2D eigenvalue weighted by atomic mass is 32.2. The Hall–Kier alpha value is -3.00. The molecule has 1 N–H and O–H groups in total. The van der Waals surface area contributed by atoms with Crippen molar-refractivity contribution in [1.82, 2.24) is 15.0 Å². The van der Waals surface area contributed by atoms with Gasteiger partial charge in [-0.2, -0.15) is 0 Å². The highest BCUT2D eigenvalue weighted by molar-refractivity contribution is 7.92. The zero-order valence-corrected chi connectivity index (χ0v) is 18.0. The third-order valence-electron chi connectivity index (χ3n) is 5.35. The SMILES string of the molecule is Cc1ncc(-c2c(C)ncnc2N2CCCCC2)cc1NS(=O)(=O)c1ccccc1. The van der Waals surface area contributed by atoms with E-state index in [1.807, 2.05) is 13.0 Å². The number of rotatable bonds is 5. The molecule has 0 unspecified atom stereocenters. The number of anilines is 2. The zero-order chi connectivity index (χ0) is 21.1. The largest absolute Gasteiger partial charge is 0.356 e. The summed E-state index contributed by atoms with van der Waals surface area (Å²) < 4.78 is 28.3. The predicted molar refractivity (Wildman–Crippen MR) is 118 cm³/mol. The van der Waals surface area contributed by atoms with E-state index in [2.05, 4.69) is 24.6 Å². The fourth-order valence-corrected chi connectivity index (χ4v) is 4.85. The minimum Gasteiger partial charge on any atom is -0.356 e. The number of sulfonamides is 1. The molecule has 0 saturated carbocycles. The van der Waals surface area contributed by atoms with Gasteiger partial charge in [0.15, 0.2) is 0 Å². The van der Waals surface area contributed by atoms with Crippen molar-refractivity contribution < 1.29 is 8.42 Å². The van der Waals surface area contributed by atoms with Crippen LogP contribution in [0.2, 0.25) is 0 Å². The lowest BCUT2D eigenvalue weighted by Crippen LogP contribution is -2.31. The summed E-state index contributed by atoms with van der Waals surface area (Å²) in [4.78, 5) is 15.9. The fraction of sp³-hybridized carbons (Fsp3) is 0.318. The molecule has 30 heavy (non-hydrogen) atoms. The Bertz CT molecular complexity index is 1140. The molecule has 0 radical (unpaired) electrons. The van der Waals surface area contributed by atoms with E-state index in [0.29, 0.717) is 11.4 Å². The van der Waals surface area contributed by atoms with Gasteiger partial charge in [-0.05, 0) is 51.3 Å². The molecule has 4 rings (SSSR count). The molecule has 1 aliphatic rings. The monoisotopic (exact) mass is 423 g/mol. The summed E-state index contributed by atoms with van der Waals surface area (Å²) in [6, 6.07) is 10.1. The van der Waals surface area contributed by atoms with Crippen LogP contribution < -0.4 is 9.62 Å². The van der Waals surface area contributed by atoms with Crippen LogP contribution in [0, 0.1) is 13.8 Å². The highest BCUT2D eigenvalue weighted by Crippen LogP contribution is 2.34. The predicted octanol–water partition coefficient (Wildman–Crippen LogP) is 3.95. The van der Waals surface area contributed by atoms with Crippen molar-refractivity contribution in [3.8, 4) is 11.1 Å². The molecule has 2 aromatic heterocycles. The first-order valence-electron chi connectivity index (χ1n) is 10.1. The van der Waals surface area contributed by atoms with Gasteiger partial charge in [0.25, 0.3) is 10.0 Å². The number of piperidine rings is 1. The van der Waals surface area contributed by atoms with Crippen molar-refractivity contribution in [1.29, 1.82) is 0 Å². The Morgan fingerprint density at radius 3 is 2.40 bits per heavy atom. The normalized spacial score (nSPS) is 14.5. The molecule has 1 aliphatic heterocycles. The van der Waals surface area contributed by atoms with E-state index < -0.39 is 10.0 Å². The third-order valence-corrected chi connectivity index (χ3v) is 6.73. The fourth-order valence-electron chi connectivity index (χ4n) is 3.72. The maximum absolute atomic E-state index is 12.8. The van der Waals surface area contributed by atoms with Crippen molar-refractivity contribution in [2.75, 3.05) is 22.7 Å². The zero-order valence-electron chi connectivity index (χ0n) is 17.2. The summed E-state index contributed by atoms with van der Waals surface area (Å²) in [5.41, 5.74) is 3.58. The van der Waals surface area contributed by atoms with Gasteiger partial charge in [0, 0.05) is 30.4 Å². The van der Waals surface area contributed by atoms with E-state index >= 15 is 0 Å². The molecule has 0 spiro atoms. The number of pyridine rings is 1. The first-order valence-corrected chi connectivity index (χ1v) is 11.6. The lowest BCUT2D eigenvalue weighted by Gasteiger charge is -2.29. The number of hydrogen-bond donors (Lipinski definition) is 1. The molecule has 1 aromatic carbocycles. The quantitative estimate of drug-likeness (QED) is 0.669. The third kappa shape index (κ3) is 4.14. The minimum absolute atomic E-state index is 0.211. The molecule has 0 atom stereocenters. The Morgan fingerprint density at radius 1 is 0.933 bits per heavy atom. The van der Waals surface area contributed by atoms with Gasteiger partial charge in [-0.15, -0.1) is 0 Å². The molecule has 1 fully saturated rings. The van der Waals surface area contributed by atoms with E-state index in [9.17, 15) is 8.42 Å². The highest BCUT2D eigenvalue weighted by Gasteiger charge is 2.21. The molecule has 8 heteroatoms. The van der Waals surface area contributed by atoms with Gasteiger partial charge in [-0.1, -0.05) is 18.2 Å². The second-order valence-electron chi connectivity index (χ2n) is 7.48. The molecule has 7 nitrogen and oxygen atoms in total. The van der Waals surface area contributed by atoms with Crippen LogP contribution in [-0.4, -0.2) is 36.5 Å². The van der Waals surface area contributed by atoms with E-state index in [0.717, 1.165) is 48.6 Å².